The Labute approximate surface area is 96.4 Å². The van der Waals surface area contributed by atoms with Crippen LogP contribution in [-0.2, 0) is 6.42 Å². The standard InChI is InChI=1S/C13H17ClO/c1-9(7-10(2)14)11-3-4-13-12(8-11)5-6-15-13/h3-4,8-10H,5-7H2,1-2H3. The number of fused-ring (bicyclic) bond motifs is 1. The highest BCUT2D eigenvalue weighted by atomic mass is 35.5. The summed E-state index contributed by atoms with van der Waals surface area (Å²) in [6.45, 7) is 5.12. The van der Waals surface area contributed by atoms with Crippen molar-refractivity contribution in [2.75, 3.05) is 6.61 Å². The molecule has 0 fully saturated rings. The van der Waals surface area contributed by atoms with E-state index in [1.54, 1.807) is 0 Å². The molecule has 1 aromatic carbocycles. The van der Waals surface area contributed by atoms with Crippen LogP contribution in [0.2, 0.25) is 0 Å². The third-order valence-electron chi connectivity index (χ3n) is 2.96. The van der Waals surface area contributed by atoms with Crippen LogP contribution in [0.4, 0.5) is 0 Å². The fourth-order valence-corrected chi connectivity index (χ4v) is 2.40. The van der Waals surface area contributed by atoms with Crippen LogP contribution in [0.3, 0.4) is 0 Å². The van der Waals surface area contributed by atoms with Crippen molar-refractivity contribution >= 4 is 11.6 Å². The number of benzene rings is 1. The first-order valence-electron chi connectivity index (χ1n) is 5.56. The SMILES string of the molecule is CC(Cl)CC(C)c1ccc2c(c1)CCO2. The summed E-state index contributed by atoms with van der Waals surface area (Å²) in [5.74, 6) is 1.59. The monoisotopic (exact) mass is 224 g/mol. The van der Waals surface area contributed by atoms with E-state index in [1.807, 2.05) is 0 Å². The molecule has 0 radical (unpaired) electrons. The summed E-state index contributed by atoms with van der Waals surface area (Å²) in [6.07, 6.45) is 2.08. The number of alkyl halides is 1. The van der Waals surface area contributed by atoms with E-state index < -0.39 is 0 Å². The van der Waals surface area contributed by atoms with Gasteiger partial charge in [0.25, 0.3) is 0 Å². The molecule has 2 unspecified atom stereocenters. The van der Waals surface area contributed by atoms with E-state index in [0.29, 0.717) is 5.92 Å². The molecule has 0 aromatic heterocycles. The molecular formula is C13H17ClO. The third-order valence-corrected chi connectivity index (χ3v) is 3.14. The van der Waals surface area contributed by atoms with Crippen LogP contribution in [0.15, 0.2) is 18.2 Å². The van der Waals surface area contributed by atoms with Gasteiger partial charge in [0.15, 0.2) is 0 Å². The number of ether oxygens (including phenoxy) is 1. The summed E-state index contributed by atoms with van der Waals surface area (Å²) in [4.78, 5) is 0. The van der Waals surface area contributed by atoms with Crippen molar-refractivity contribution in [3.8, 4) is 5.75 Å². The first-order valence-corrected chi connectivity index (χ1v) is 6.00. The molecule has 1 nitrogen and oxygen atoms in total. The summed E-state index contributed by atoms with van der Waals surface area (Å²) in [5, 5.41) is 0.240. The highest BCUT2D eigenvalue weighted by Gasteiger charge is 2.15. The van der Waals surface area contributed by atoms with Crippen LogP contribution in [0.1, 0.15) is 37.3 Å². The quantitative estimate of drug-likeness (QED) is 0.711. The number of halogens is 1. The van der Waals surface area contributed by atoms with Gasteiger partial charge in [0.1, 0.15) is 5.75 Å². The number of hydrogen-bond acceptors (Lipinski definition) is 1. The molecule has 2 rings (SSSR count). The lowest BCUT2D eigenvalue weighted by Gasteiger charge is -2.14. The van der Waals surface area contributed by atoms with Crippen LogP contribution in [-0.4, -0.2) is 12.0 Å². The Balaban J connectivity index is 2.15. The van der Waals surface area contributed by atoms with Crippen molar-refractivity contribution in [3.05, 3.63) is 29.3 Å². The molecule has 2 heteroatoms. The van der Waals surface area contributed by atoms with Crippen molar-refractivity contribution in [2.45, 2.75) is 38.0 Å². The number of rotatable bonds is 3. The van der Waals surface area contributed by atoms with Crippen LogP contribution < -0.4 is 4.74 Å². The van der Waals surface area contributed by atoms with E-state index in [9.17, 15) is 0 Å². The maximum Gasteiger partial charge on any atom is 0.122 e. The summed E-state index contributed by atoms with van der Waals surface area (Å²) in [6, 6.07) is 6.52. The lowest BCUT2D eigenvalue weighted by Crippen LogP contribution is -2.01. The molecule has 2 atom stereocenters. The van der Waals surface area contributed by atoms with E-state index >= 15 is 0 Å². The van der Waals surface area contributed by atoms with Crippen LogP contribution >= 0.6 is 11.6 Å². The Morgan fingerprint density at radius 3 is 2.93 bits per heavy atom. The van der Waals surface area contributed by atoms with E-state index in [4.69, 9.17) is 16.3 Å². The normalized spacial score (nSPS) is 18.1. The van der Waals surface area contributed by atoms with Gasteiger partial charge in [-0.05, 0) is 36.5 Å². The second-order valence-corrected chi connectivity index (χ2v) is 5.13. The highest BCUT2D eigenvalue weighted by molar-refractivity contribution is 6.20. The molecule has 1 aliphatic heterocycles. The molecule has 0 saturated carbocycles. The number of hydrogen-bond donors (Lipinski definition) is 0. The first kappa shape index (κ1) is 10.8. The topological polar surface area (TPSA) is 9.23 Å². The van der Waals surface area contributed by atoms with E-state index in [-0.39, 0.29) is 5.38 Å². The van der Waals surface area contributed by atoms with E-state index in [0.717, 1.165) is 25.2 Å². The fourth-order valence-electron chi connectivity index (χ4n) is 2.14. The van der Waals surface area contributed by atoms with Crippen LogP contribution in [0.25, 0.3) is 0 Å². The van der Waals surface area contributed by atoms with Crippen molar-refractivity contribution < 1.29 is 4.74 Å². The maximum atomic E-state index is 6.02. The molecule has 1 aliphatic rings. The van der Waals surface area contributed by atoms with Gasteiger partial charge < -0.3 is 4.74 Å². The van der Waals surface area contributed by atoms with Crippen LogP contribution in [0.5, 0.6) is 5.75 Å². The Bertz CT molecular complexity index is 346. The smallest absolute Gasteiger partial charge is 0.122 e. The third kappa shape index (κ3) is 2.46. The zero-order valence-corrected chi connectivity index (χ0v) is 10.1. The van der Waals surface area contributed by atoms with Gasteiger partial charge in [0.05, 0.1) is 6.61 Å². The highest BCUT2D eigenvalue weighted by Crippen LogP contribution is 2.30. The molecule has 0 aliphatic carbocycles. The molecule has 0 saturated heterocycles. The Hall–Kier alpha value is -0.690. The predicted octanol–water partition coefficient (Wildman–Crippen LogP) is 3.74. The predicted molar refractivity (Wildman–Crippen MR) is 64.0 cm³/mol. The van der Waals surface area contributed by atoms with E-state index in [2.05, 4.69) is 32.0 Å². The van der Waals surface area contributed by atoms with E-state index in [1.165, 1.54) is 11.1 Å². The lowest BCUT2D eigenvalue weighted by molar-refractivity contribution is 0.357. The molecule has 0 spiro atoms. The second kappa shape index (κ2) is 4.44. The van der Waals surface area contributed by atoms with Crippen molar-refractivity contribution in [2.24, 2.45) is 0 Å². The summed E-state index contributed by atoms with van der Waals surface area (Å²) in [5.41, 5.74) is 2.73. The Morgan fingerprint density at radius 2 is 2.20 bits per heavy atom. The average molecular weight is 225 g/mol. The molecule has 0 bridgehead atoms. The minimum absolute atomic E-state index is 0.240. The first-order chi connectivity index (χ1) is 7.16. The van der Waals surface area contributed by atoms with Gasteiger partial charge in [0, 0.05) is 11.8 Å². The molecular weight excluding hydrogens is 208 g/mol. The second-order valence-electron chi connectivity index (χ2n) is 4.38. The van der Waals surface area contributed by atoms with Crippen LogP contribution in [0, 0.1) is 0 Å². The van der Waals surface area contributed by atoms with Crippen molar-refractivity contribution in [1.29, 1.82) is 0 Å². The van der Waals surface area contributed by atoms with Crippen molar-refractivity contribution in [3.63, 3.8) is 0 Å². The van der Waals surface area contributed by atoms with Gasteiger partial charge in [-0.3, -0.25) is 0 Å². The zero-order valence-electron chi connectivity index (χ0n) is 9.29. The van der Waals surface area contributed by atoms with Crippen molar-refractivity contribution in [1.82, 2.24) is 0 Å². The zero-order chi connectivity index (χ0) is 10.8. The summed E-state index contributed by atoms with van der Waals surface area (Å²) < 4.78 is 5.49. The Morgan fingerprint density at radius 1 is 1.40 bits per heavy atom. The minimum atomic E-state index is 0.240. The molecule has 82 valence electrons. The molecule has 1 heterocycles. The van der Waals surface area contributed by atoms with Gasteiger partial charge in [0.2, 0.25) is 0 Å². The molecule has 0 amide bonds. The fraction of sp³-hybridized carbons (Fsp3) is 0.538. The molecule has 15 heavy (non-hydrogen) atoms. The van der Waals surface area contributed by atoms with Gasteiger partial charge in [-0.2, -0.15) is 0 Å². The largest absolute Gasteiger partial charge is 0.493 e. The summed E-state index contributed by atoms with van der Waals surface area (Å²) in [7, 11) is 0. The molecule has 1 aromatic rings. The molecule has 0 N–H and O–H groups in total. The summed E-state index contributed by atoms with van der Waals surface area (Å²) >= 11 is 6.02. The van der Waals surface area contributed by atoms with Gasteiger partial charge in [-0.1, -0.05) is 19.1 Å². The Kier molecular flexibility index (Phi) is 3.20. The lowest BCUT2D eigenvalue weighted by atomic mass is 9.94. The minimum Gasteiger partial charge on any atom is -0.493 e. The van der Waals surface area contributed by atoms with Gasteiger partial charge >= 0.3 is 0 Å². The maximum absolute atomic E-state index is 6.02. The van der Waals surface area contributed by atoms with Gasteiger partial charge in [-0.15, -0.1) is 11.6 Å². The average Bonchev–Trinajstić information content (AvgIpc) is 2.62. The van der Waals surface area contributed by atoms with Gasteiger partial charge in [-0.25, -0.2) is 0 Å².